The van der Waals surface area contributed by atoms with E-state index in [-0.39, 0.29) is 11.7 Å². The van der Waals surface area contributed by atoms with Gasteiger partial charge in [0.05, 0.1) is 0 Å². The summed E-state index contributed by atoms with van der Waals surface area (Å²) in [5, 5.41) is 0. The van der Waals surface area contributed by atoms with E-state index in [0.29, 0.717) is 13.2 Å². The fraction of sp³-hybridized carbons (Fsp3) is 0.500. The average Bonchev–Trinajstić information content (AvgIpc) is 2.29. The van der Waals surface area contributed by atoms with Crippen LogP contribution >= 0.6 is 0 Å². The van der Waals surface area contributed by atoms with E-state index in [2.05, 4.69) is 4.98 Å². The Morgan fingerprint density at radius 1 is 1.47 bits per heavy atom. The number of rotatable bonds is 2. The standard InChI is InChI=1S/C12H15NO2/c1-9-8-11(2-5-13-9)12(14)10-3-6-15-7-4-10/h2,5,8,10H,3-4,6-7H2,1H3. The number of hydrogen-bond acceptors (Lipinski definition) is 3. The first-order valence-electron chi connectivity index (χ1n) is 5.32. The summed E-state index contributed by atoms with van der Waals surface area (Å²) in [6.07, 6.45) is 3.39. The van der Waals surface area contributed by atoms with Gasteiger partial charge in [-0.2, -0.15) is 0 Å². The molecule has 1 aliphatic heterocycles. The lowest BCUT2D eigenvalue weighted by molar-refractivity contribution is 0.0545. The number of carbonyl (C=O) groups excluding carboxylic acids is 1. The van der Waals surface area contributed by atoms with Gasteiger partial charge < -0.3 is 4.74 Å². The Hall–Kier alpha value is -1.22. The van der Waals surface area contributed by atoms with Crippen molar-refractivity contribution in [1.82, 2.24) is 4.98 Å². The zero-order valence-electron chi connectivity index (χ0n) is 8.90. The van der Waals surface area contributed by atoms with Crippen molar-refractivity contribution < 1.29 is 9.53 Å². The van der Waals surface area contributed by atoms with Crippen LogP contribution in [-0.4, -0.2) is 24.0 Å². The molecule has 3 nitrogen and oxygen atoms in total. The van der Waals surface area contributed by atoms with E-state index in [1.165, 1.54) is 0 Å². The smallest absolute Gasteiger partial charge is 0.166 e. The van der Waals surface area contributed by atoms with Crippen molar-refractivity contribution in [2.24, 2.45) is 5.92 Å². The first kappa shape index (κ1) is 10.3. The van der Waals surface area contributed by atoms with Crippen LogP contribution in [0.3, 0.4) is 0 Å². The first-order valence-corrected chi connectivity index (χ1v) is 5.32. The molecular formula is C12H15NO2. The normalized spacial score (nSPS) is 17.7. The van der Waals surface area contributed by atoms with Crippen molar-refractivity contribution in [1.29, 1.82) is 0 Å². The molecule has 2 rings (SSSR count). The number of pyridine rings is 1. The van der Waals surface area contributed by atoms with Crippen LogP contribution in [0.15, 0.2) is 18.3 Å². The molecule has 1 aliphatic rings. The van der Waals surface area contributed by atoms with Crippen molar-refractivity contribution in [3.63, 3.8) is 0 Å². The highest BCUT2D eigenvalue weighted by molar-refractivity contribution is 5.97. The van der Waals surface area contributed by atoms with Crippen LogP contribution in [0.2, 0.25) is 0 Å². The van der Waals surface area contributed by atoms with E-state index in [4.69, 9.17) is 4.74 Å². The second-order valence-corrected chi connectivity index (χ2v) is 3.94. The lowest BCUT2D eigenvalue weighted by Gasteiger charge is -2.20. The maximum Gasteiger partial charge on any atom is 0.166 e. The van der Waals surface area contributed by atoms with Crippen molar-refractivity contribution in [3.8, 4) is 0 Å². The molecule has 0 atom stereocenters. The minimum absolute atomic E-state index is 0.139. The summed E-state index contributed by atoms with van der Waals surface area (Å²) in [7, 11) is 0. The van der Waals surface area contributed by atoms with Gasteiger partial charge in [-0.25, -0.2) is 0 Å². The number of hydrogen-bond donors (Lipinski definition) is 0. The Morgan fingerprint density at radius 3 is 2.87 bits per heavy atom. The second kappa shape index (κ2) is 4.53. The largest absolute Gasteiger partial charge is 0.381 e. The zero-order valence-corrected chi connectivity index (χ0v) is 8.90. The van der Waals surface area contributed by atoms with Crippen LogP contribution < -0.4 is 0 Å². The molecule has 0 radical (unpaired) electrons. The number of nitrogens with zero attached hydrogens (tertiary/aromatic N) is 1. The molecule has 0 bridgehead atoms. The summed E-state index contributed by atoms with van der Waals surface area (Å²) in [5.41, 5.74) is 1.68. The third kappa shape index (κ3) is 2.42. The van der Waals surface area contributed by atoms with Crippen molar-refractivity contribution >= 4 is 5.78 Å². The molecule has 1 aromatic rings. The van der Waals surface area contributed by atoms with E-state index in [9.17, 15) is 4.79 Å². The minimum Gasteiger partial charge on any atom is -0.381 e. The fourth-order valence-corrected chi connectivity index (χ4v) is 1.89. The molecule has 0 amide bonds. The van der Waals surface area contributed by atoms with Crippen LogP contribution in [0.4, 0.5) is 0 Å². The fourth-order valence-electron chi connectivity index (χ4n) is 1.89. The van der Waals surface area contributed by atoms with E-state index in [1.807, 2.05) is 13.0 Å². The van der Waals surface area contributed by atoms with Crippen molar-refractivity contribution in [3.05, 3.63) is 29.6 Å². The van der Waals surface area contributed by atoms with Gasteiger partial charge in [-0.1, -0.05) is 0 Å². The number of Topliss-reactive ketones (excluding diaryl/α,β-unsaturated/α-hetero) is 1. The van der Waals surface area contributed by atoms with E-state index in [0.717, 1.165) is 24.1 Å². The molecule has 2 heterocycles. The highest BCUT2D eigenvalue weighted by Gasteiger charge is 2.22. The number of ketones is 1. The number of aromatic nitrogens is 1. The van der Waals surface area contributed by atoms with Gasteiger partial charge in [0.15, 0.2) is 5.78 Å². The van der Waals surface area contributed by atoms with Crippen LogP contribution in [0.5, 0.6) is 0 Å². The summed E-state index contributed by atoms with van der Waals surface area (Å²) in [5.74, 6) is 0.379. The van der Waals surface area contributed by atoms with E-state index < -0.39 is 0 Å². The second-order valence-electron chi connectivity index (χ2n) is 3.94. The summed E-state index contributed by atoms with van der Waals surface area (Å²) in [4.78, 5) is 16.2. The molecule has 0 unspecified atom stereocenters. The third-order valence-corrected chi connectivity index (χ3v) is 2.77. The Kier molecular flexibility index (Phi) is 3.11. The third-order valence-electron chi connectivity index (χ3n) is 2.77. The molecule has 0 aromatic carbocycles. The van der Waals surface area contributed by atoms with Gasteiger partial charge in [0.25, 0.3) is 0 Å². The highest BCUT2D eigenvalue weighted by Crippen LogP contribution is 2.20. The van der Waals surface area contributed by atoms with Crippen LogP contribution in [-0.2, 0) is 4.74 Å². The average molecular weight is 205 g/mol. The Morgan fingerprint density at radius 2 is 2.20 bits per heavy atom. The number of carbonyl (C=O) groups is 1. The molecule has 15 heavy (non-hydrogen) atoms. The quantitative estimate of drug-likeness (QED) is 0.693. The summed E-state index contributed by atoms with van der Waals surface area (Å²) in [6.45, 7) is 3.32. The molecule has 1 fully saturated rings. The van der Waals surface area contributed by atoms with Crippen molar-refractivity contribution in [2.45, 2.75) is 19.8 Å². The monoisotopic (exact) mass is 205 g/mol. The van der Waals surface area contributed by atoms with Gasteiger partial charge in [0.1, 0.15) is 0 Å². The molecule has 0 saturated carbocycles. The molecule has 0 aliphatic carbocycles. The maximum absolute atomic E-state index is 12.1. The SMILES string of the molecule is Cc1cc(C(=O)C2CCOCC2)ccn1. The van der Waals surface area contributed by atoms with Gasteiger partial charge >= 0.3 is 0 Å². The zero-order chi connectivity index (χ0) is 10.7. The van der Waals surface area contributed by atoms with Gasteiger partial charge in [0.2, 0.25) is 0 Å². The summed E-state index contributed by atoms with van der Waals surface area (Å²) < 4.78 is 5.24. The predicted octanol–water partition coefficient (Wildman–Crippen LogP) is 2.00. The van der Waals surface area contributed by atoms with Crippen LogP contribution in [0, 0.1) is 12.8 Å². The molecule has 0 N–H and O–H groups in total. The van der Waals surface area contributed by atoms with E-state index >= 15 is 0 Å². The molecule has 3 heteroatoms. The maximum atomic E-state index is 12.1. The minimum atomic E-state index is 0.139. The molecule has 1 aromatic heterocycles. The lowest BCUT2D eigenvalue weighted by Crippen LogP contribution is -2.23. The topological polar surface area (TPSA) is 39.2 Å². The summed E-state index contributed by atoms with van der Waals surface area (Å²) >= 11 is 0. The van der Waals surface area contributed by atoms with Crippen molar-refractivity contribution in [2.75, 3.05) is 13.2 Å². The van der Waals surface area contributed by atoms with Gasteiger partial charge in [-0.15, -0.1) is 0 Å². The van der Waals surface area contributed by atoms with E-state index in [1.54, 1.807) is 12.3 Å². The summed E-state index contributed by atoms with van der Waals surface area (Å²) in [6, 6.07) is 3.66. The van der Waals surface area contributed by atoms with Gasteiger partial charge in [-0.05, 0) is 31.9 Å². The lowest BCUT2D eigenvalue weighted by atomic mass is 9.91. The predicted molar refractivity (Wildman–Crippen MR) is 56.8 cm³/mol. The number of ether oxygens (including phenoxy) is 1. The Balaban J connectivity index is 2.12. The van der Waals surface area contributed by atoms with Crippen LogP contribution in [0.1, 0.15) is 28.9 Å². The Bertz CT molecular complexity index is 356. The molecule has 1 saturated heterocycles. The Labute approximate surface area is 89.5 Å². The molecule has 0 spiro atoms. The first-order chi connectivity index (χ1) is 7.27. The molecule has 80 valence electrons. The van der Waals surface area contributed by atoms with Crippen LogP contribution in [0.25, 0.3) is 0 Å². The number of aryl methyl sites for hydroxylation is 1. The van der Waals surface area contributed by atoms with Gasteiger partial charge in [-0.3, -0.25) is 9.78 Å². The molecular weight excluding hydrogens is 190 g/mol. The van der Waals surface area contributed by atoms with Gasteiger partial charge in [0, 0.05) is 36.6 Å². The highest BCUT2D eigenvalue weighted by atomic mass is 16.5.